The molecule has 2 aliphatic heterocycles. The lowest BCUT2D eigenvalue weighted by molar-refractivity contribution is -0.134. The fourth-order valence-electron chi connectivity index (χ4n) is 4.48. The maximum Gasteiger partial charge on any atom is 0.226 e. The summed E-state index contributed by atoms with van der Waals surface area (Å²) < 4.78 is 11.9. The third-order valence-corrected chi connectivity index (χ3v) is 5.98. The molecule has 1 aromatic carbocycles. The van der Waals surface area contributed by atoms with E-state index < -0.39 is 0 Å². The van der Waals surface area contributed by atoms with Crippen LogP contribution in [0.25, 0.3) is 0 Å². The third-order valence-electron chi connectivity index (χ3n) is 5.98. The Morgan fingerprint density at radius 1 is 1.42 bits per heavy atom. The molecule has 1 amide bonds. The number of amides is 1. The summed E-state index contributed by atoms with van der Waals surface area (Å²) >= 11 is 0. The van der Waals surface area contributed by atoms with Gasteiger partial charge < -0.3 is 19.7 Å². The van der Waals surface area contributed by atoms with Gasteiger partial charge in [0.05, 0.1) is 6.61 Å². The zero-order chi connectivity index (χ0) is 18.3. The van der Waals surface area contributed by atoms with Gasteiger partial charge in [-0.3, -0.25) is 4.79 Å². The maximum absolute atomic E-state index is 13.0. The highest BCUT2D eigenvalue weighted by atomic mass is 16.5. The molecule has 3 aliphatic rings. The number of benzene rings is 1. The molecular weight excluding hydrogens is 328 g/mol. The lowest BCUT2D eigenvalue weighted by Crippen LogP contribution is -2.47. The van der Waals surface area contributed by atoms with Crippen molar-refractivity contribution in [1.29, 1.82) is 0 Å². The van der Waals surface area contributed by atoms with Gasteiger partial charge in [0.25, 0.3) is 0 Å². The van der Waals surface area contributed by atoms with Crippen molar-refractivity contribution in [2.24, 2.45) is 5.92 Å². The van der Waals surface area contributed by atoms with Crippen molar-refractivity contribution in [3.8, 4) is 11.5 Å². The summed E-state index contributed by atoms with van der Waals surface area (Å²) in [4.78, 5) is 15.0. The molecule has 0 aromatic heterocycles. The van der Waals surface area contributed by atoms with Gasteiger partial charge in [-0.2, -0.15) is 0 Å². The lowest BCUT2D eigenvalue weighted by Gasteiger charge is -2.32. The monoisotopic (exact) mass is 358 g/mol. The summed E-state index contributed by atoms with van der Waals surface area (Å²) in [5.41, 5.74) is 2.38. The van der Waals surface area contributed by atoms with Crippen LogP contribution in [0.5, 0.6) is 11.5 Å². The van der Waals surface area contributed by atoms with Crippen molar-refractivity contribution in [3.63, 3.8) is 0 Å². The minimum atomic E-state index is 0.0988. The quantitative estimate of drug-likeness (QED) is 0.879. The number of likely N-dealkylation sites (N-methyl/N-ethyl adjacent to an activating group) is 1. The normalized spacial score (nSPS) is 29.9. The van der Waals surface area contributed by atoms with Crippen molar-refractivity contribution >= 4 is 5.91 Å². The summed E-state index contributed by atoms with van der Waals surface area (Å²) in [6.45, 7) is 6.48. The molecule has 1 aromatic rings. The first-order valence-electron chi connectivity index (χ1n) is 10.0. The van der Waals surface area contributed by atoms with Crippen molar-refractivity contribution in [3.05, 3.63) is 23.3 Å². The largest absolute Gasteiger partial charge is 0.494 e. The van der Waals surface area contributed by atoms with Crippen LogP contribution in [-0.4, -0.2) is 49.7 Å². The second kappa shape index (κ2) is 7.10. The molecule has 1 N–H and O–H groups in total. The number of rotatable bonds is 5. The molecular formula is C21H30N2O3. The summed E-state index contributed by atoms with van der Waals surface area (Å²) in [6, 6.07) is 4.70. The Labute approximate surface area is 156 Å². The Morgan fingerprint density at radius 3 is 3.04 bits per heavy atom. The zero-order valence-corrected chi connectivity index (χ0v) is 16.1. The number of fused-ring (bicyclic) bond motifs is 1. The molecule has 5 nitrogen and oxygen atoms in total. The molecule has 0 radical (unpaired) electrons. The van der Waals surface area contributed by atoms with E-state index in [9.17, 15) is 4.79 Å². The molecule has 142 valence electrons. The number of piperidine rings is 1. The second-order valence-corrected chi connectivity index (χ2v) is 7.92. The number of ether oxygens (including phenoxy) is 2. The van der Waals surface area contributed by atoms with E-state index in [0.29, 0.717) is 18.6 Å². The maximum atomic E-state index is 13.0. The molecule has 4 rings (SSSR count). The summed E-state index contributed by atoms with van der Waals surface area (Å²) in [6.07, 6.45) is 4.32. The smallest absolute Gasteiger partial charge is 0.226 e. The van der Waals surface area contributed by atoms with E-state index in [-0.39, 0.29) is 17.9 Å². The van der Waals surface area contributed by atoms with Crippen molar-refractivity contribution in [2.75, 3.05) is 26.7 Å². The minimum Gasteiger partial charge on any atom is -0.494 e. The molecule has 2 fully saturated rings. The molecule has 1 saturated carbocycles. The van der Waals surface area contributed by atoms with Gasteiger partial charge in [-0.25, -0.2) is 0 Å². The average molecular weight is 358 g/mol. The molecule has 4 atom stereocenters. The molecule has 5 heteroatoms. The summed E-state index contributed by atoms with van der Waals surface area (Å²) in [7, 11) is 1.98. The van der Waals surface area contributed by atoms with E-state index in [1.165, 1.54) is 5.56 Å². The van der Waals surface area contributed by atoms with Crippen LogP contribution in [-0.2, 0) is 11.2 Å². The van der Waals surface area contributed by atoms with Gasteiger partial charge in [0.1, 0.15) is 17.6 Å². The van der Waals surface area contributed by atoms with Crippen molar-refractivity contribution < 1.29 is 14.3 Å². The Bertz CT molecular complexity index is 690. The van der Waals surface area contributed by atoms with Crippen LogP contribution in [0.15, 0.2) is 12.1 Å². The zero-order valence-electron chi connectivity index (χ0n) is 16.1. The number of hydrogen-bond acceptors (Lipinski definition) is 4. The van der Waals surface area contributed by atoms with E-state index in [0.717, 1.165) is 55.8 Å². The highest BCUT2D eigenvalue weighted by Crippen LogP contribution is 2.53. The Kier molecular flexibility index (Phi) is 4.82. The number of likely N-dealkylation sites (tertiary alicyclic amines) is 1. The van der Waals surface area contributed by atoms with Crippen LogP contribution < -0.4 is 14.8 Å². The van der Waals surface area contributed by atoms with E-state index in [1.807, 2.05) is 14.0 Å². The minimum absolute atomic E-state index is 0.0988. The van der Waals surface area contributed by atoms with E-state index in [1.54, 1.807) is 0 Å². The molecule has 0 bridgehead atoms. The van der Waals surface area contributed by atoms with Crippen molar-refractivity contribution in [2.45, 2.75) is 57.6 Å². The van der Waals surface area contributed by atoms with Gasteiger partial charge in [-0.15, -0.1) is 0 Å². The SMILES string of the molecule is CCOc1cc2c(cc1C1CC1C(=O)N1CCCC(NC)C1)OC(C)C2. The highest BCUT2D eigenvalue weighted by molar-refractivity contribution is 5.83. The Balaban J connectivity index is 1.50. The topological polar surface area (TPSA) is 50.8 Å². The van der Waals surface area contributed by atoms with Gasteiger partial charge in [-0.1, -0.05) is 0 Å². The van der Waals surface area contributed by atoms with E-state index in [4.69, 9.17) is 9.47 Å². The number of nitrogens with one attached hydrogen (secondary N) is 1. The molecule has 0 spiro atoms. The van der Waals surface area contributed by atoms with Crippen LogP contribution in [0.3, 0.4) is 0 Å². The number of carbonyl (C=O) groups excluding carboxylic acids is 1. The average Bonchev–Trinajstić information content (AvgIpc) is 3.35. The highest BCUT2D eigenvalue weighted by Gasteiger charge is 2.48. The van der Waals surface area contributed by atoms with Gasteiger partial charge in [0.2, 0.25) is 5.91 Å². The van der Waals surface area contributed by atoms with E-state index >= 15 is 0 Å². The van der Waals surface area contributed by atoms with Crippen LogP contribution in [0.1, 0.15) is 50.2 Å². The number of hydrogen-bond donors (Lipinski definition) is 1. The third kappa shape index (κ3) is 3.29. The first-order valence-corrected chi connectivity index (χ1v) is 10.0. The fourth-order valence-corrected chi connectivity index (χ4v) is 4.48. The first-order chi connectivity index (χ1) is 12.6. The fraction of sp³-hybridized carbons (Fsp3) is 0.667. The number of nitrogens with zero attached hydrogens (tertiary/aromatic N) is 1. The Hall–Kier alpha value is -1.75. The predicted octanol–water partition coefficient (Wildman–Crippen LogP) is 2.72. The molecule has 1 saturated heterocycles. The predicted molar refractivity (Wildman–Crippen MR) is 101 cm³/mol. The van der Waals surface area contributed by atoms with Crippen LogP contribution in [0.4, 0.5) is 0 Å². The lowest BCUT2D eigenvalue weighted by atomic mass is 10.0. The number of carbonyl (C=O) groups is 1. The molecule has 2 heterocycles. The van der Waals surface area contributed by atoms with Gasteiger partial charge >= 0.3 is 0 Å². The van der Waals surface area contributed by atoms with Crippen LogP contribution in [0.2, 0.25) is 0 Å². The molecule has 1 aliphatic carbocycles. The van der Waals surface area contributed by atoms with Gasteiger partial charge in [0.15, 0.2) is 0 Å². The van der Waals surface area contributed by atoms with E-state index in [2.05, 4.69) is 29.3 Å². The first kappa shape index (κ1) is 17.7. The van der Waals surface area contributed by atoms with Crippen LogP contribution in [0, 0.1) is 5.92 Å². The van der Waals surface area contributed by atoms with Crippen LogP contribution >= 0.6 is 0 Å². The molecule has 4 unspecified atom stereocenters. The Morgan fingerprint density at radius 2 is 2.27 bits per heavy atom. The summed E-state index contributed by atoms with van der Waals surface area (Å²) in [5.74, 6) is 2.59. The second-order valence-electron chi connectivity index (χ2n) is 7.92. The summed E-state index contributed by atoms with van der Waals surface area (Å²) in [5, 5.41) is 3.32. The standard InChI is InChI=1S/C21H30N2O3/c1-4-25-20-9-14-8-13(2)26-19(14)11-17(20)16-10-18(16)21(24)23-7-5-6-15(12-23)22-3/h9,11,13,15-16,18,22H,4-8,10,12H2,1-3H3. The molecule has 26 heavy (non-hydrogen) atoms. The van der Waals surface area contributed by atoms with Gasteiger partial charge in [-0.05, 0) is 52.3 Å². The van der Waals surface area contributed by atoms with Crippen molar-refractivity contribution in [1.82, 2.24) is 10.2 Å². The van der Waals surface area contributed by atoms with Gasteiger partial charge in [0, 0.05) is 48.5 Å².